The van der Waals surface area contributed by atoms with Crippen LogP contribution in [0.4, 0.5) is 11.4 Å². The van der Waals surface area contributed by atoms with Gasteiger partial charge in [0.2, 0.25) is 0 Å². The maximum Gasteiger partial charge on any atom is 0.275 e. The van der Waals surface area contributed by atoms with Crippen molar-refractivity contribution in [2.45, 2.75) is 11.8 Å². The third-order valence-electron chi connectivity index (χ3n) is 4.25. The normalized spacial score (nSPS) is 11.6. The van der Waals surface area contributed by atoms with Crippen LogP contribution in [0.1, 0.15) is 16.1 Å². The molecule has 0 fully saturated rings. The van der Waals surface area contributed by atoms with E-state index in [1.54, 1.807) is 53.2 Å². The lowest BCUT2D eigenvalue weighted by Crippen LogP contribution is -2.17. The summed E-state index contributed by atoms with van der Waals surface area (Å²) in [5.41, 5.74) is 1.33. The van der Waals surface area contributed by atoms with Crippen LogP contribution in [-0.4, -0.2) is 23.7 Å². The number of nitrogens with zero attached hydrogens (tertiary/aromatic N) is 2. The van der Waals surface area contributed by atoms with Crippen LogP contribution in [0.15, 0.2) is 58.9 Å². The Morgan fingerprint density at radius 1 is 1.13 bits per heavy atom. The molecule has 0 unspecified atom stereocenters. The van der Waals surface area contributed by atoms with Crippen molar-refractivity contribution in [2.24, 2.45) is 0 Å². The number of nitrogens with one attached hydrogen (secondary N) is 2. The largest absolute Gasteiger partial charge is 0.321 e. The van der Waals surface area contributed by atoms with E-state index in [4.69, 9.17) is 23.2 Å². The Kier molecular flexibility index (Phi) is 5.46. The van der Waals surface area contributed by atoms with Gasteiger partial charge in [-0.1, -0.05) is 35.3 Å². The van der Waals surface area contributed by atoms with Crippen molar-refractivity contribution in [1.29, 1.82) is 0 Å². The van der Waals surface area contributed by atoms with Gasteiger partial charge in [-0.15, -0.1) is 11.3 Å². The molecule has 0 saturated heterocycles. The highest BCUT2D eigenvalue weighted by molar-refractivity contribution is 7.92. The molecule has 7 nitrogen and oxygen atoms in total. The number of fused-ring (bicyclic) bond motifs is 1. The fraction of sp³-hybridized carbons (Fsp3) is 0.0526. The lowest BCUT2D eigenvalue weighted by Gasteiger charge is -2.13. The number of thiazole rings is 1. The maximum atomic E-state index is 12.9. The minimum absolute atomic E-state index is 0.0281. The predicted octanol–water partition coefficient (Wildman–Crippen LogP) is 5.06. The molecule has 4 aromatic rings. The van der Waals surface area contributed by atoms with Crippen LogP contribution in [0.25, 0.3) is 4.96 Å². The Labute approximate surface area is 186 Å². The summed E-state index contributed by atoms with van der Waals surface area (Å²) in [6, 6.07) is 11.0. The van der Waals surface area contributed by atoms with E-state index in [1.165, 1.54) is 23.5 Å². The lowest BCUT2D eigenvalue weighted by molar-refractivity contribution is 0.102. The molecular formula is C19H14Cl2N4O3S2. The van der Waals surface area contributed by atoms with Gasteiger partial charge in [-0.2, -0.15) is 0 Å². The Morgan fingerprint density at radius 2 is 1.93 bits per heavy atom. The molecule has 0 spiro atoms. The maximum absolute atomic E-state index is 12.9. The first-order valence-corrected chi connectivity index (χ1v) is 11.7. The molecule has 0 aliphatic heterocycles. The van der Waals surface area contributed by atoms with E-state index in [0.717, 1.165) is 0 Å². The number of anilines is 2. The molecule has 0 saturated carbocycles. The fourth-order valence-electron chi connectivity index (χ4n) is 2.88. The summed E-state index contributed by atoms with van der Waals surface area (Å²) in [7, 11) is -3.91. The molecule has 2 aromatic carbocycles. The minimum Gasteiger partial charge on any atom is -0.321 e. The van der Waals surface area contributed by atoms with E-state index < -0.39 is 15.9 Å². The Morgan fingerprint density at radius 3 is 2.70 bits per heavy atom. The molecule has 0 aliphatic carbocycles. The van der Waals surface area contributed by atoms with Gasteiger partial charge in [-0.3, -0.25) is 13.9 Å². The topological polar surface area (TPSA) is 92.6 Å². The van der Waals surface area contributed by atoms with Crippen LogP contribution >= 0.6 is 34.5 Å². The molecule has 154 valence electrons. The molecule has 0 radical (unpaired) electrons. The Balaban J connectivity index is 1.64. The molecule has 30 heavy (non-hydrogen) atoms. The van der Waals surface area contributed by atoms with Crippen LogP contribution in [0.2, 0.25) is 10.2 Å². The number of benzene rings is 2. The van der Waals surface area contributed by atoms with Crippen molar-refractivity contribution in [3.8, 4) is 0 Å². The van der Waals surface area contributed by atoms with Gasteiger partial charge in [0.15, 0.2) is 15.8 Å². The molecule has 0 atom stereocenters. The lowest BCUT2D eigenvalue weighted by atomic mass is 10.2. The quantitative estimate of drug-likeness (QED) is 0.417. The highest BCUT2D eigenvalue weighted by Gasteiger charge is 2.21. The minimum atomic E-state index is -3.91. The average molecular weight is 481 g/mol. The number of imidazole rings is 1. The zero-order chi connectivity index (χ0) is 21.5. The fourth-order valence-corrected chi connectivity index (χ4v) is 5.41. The van der Waals surface area contributed by atoms with Gasteiger partial charge in [0.05, 0.1) is 10.6 Å². The van der Waals surface area contributed by atoms with Crippen molar-refractivity contribution in [3.63, 3.8) is 0 Å². The second kappa shape index (κ2) is 7.92. The first-order chi connectivity index (χ1) is 14.2. The number of carbonyl (C=O) groups excluding carboxylic acids is 1. The molecule has 1 amide bonds. The summed E-state index contributed by atoms with van der Waals surface area (Å²) in [6.07, 6.45) is 1.69. The number of aryl methyl sites for hydroxylation is 1. The third kappa shape index (κ3) is 4.01. The summed E-state index contributed by atoms with van der Waals surface area (Å²) in [5, 5.41) is 4.95. The highest BCUT2D eigenvalue weighted by atomic mass is 35.5. The van der Waals surface area contributed by atoms with Crippen molar-refractivity contribution < 1.29 is 13.2 Å². The van der Waals surface area contributed by atoms with Gasteiger partial charge in [-0.05, 0) is 42.8 Å². The van der Waals surface area contributed by atoms with Gasteiger partial charge in [0, 0.05) is 22.3 Å². The summed E-state index contributed by atoms with van der Waals surface area (Å²) >= 11 is 13.4. The molecule has 2 heterocycles. The van der Waals surface area contributed by atoms with Gasteiger partial charge in [0.25, 0.3) is 15.9 Å². The third-order valence-corrected chi connectivity index (χ3v) is 7.03. The van der Waals surface area contributed by atoms with Crippen LogP contribution in [0.3, 0.4) is 0 Å². The average Bonchev–Trinajstić information content (AvgIpc) is 3.22. The van der Waals surface area contributed by atoms with Crippen molar-refractivity contribution >= 4 is 66.8 Å². The molecule has 0 aliphatic rings. The second-order valence-electron chi connectivity index (χ2n) is 6.36. The number of halogens is 2. The number of hydrogen-bond acceptors (Lipinski definition) is 5. The standard InChI is InChI=1S/C19H14Cl2N4O3S2/c1-11-5-6-13(22-18(26)16-17(21)23-19-25(16)7-8-29-19)10-15(11)30(27,28)24-14-4-2-3-12(20)9-14/h2-10,24H,1H3,(H,22,26). The number of carbonyl (C=O) groups is 1. The zero-order valence-corrected chi connectivity index (χ0v) is 18.5. The second-order valence-corrected chi connectivity index (χ2v) is 9.68. The predicted molar refractivity (Wildman–Crippen MR) is 119 cm³/mol. The van der Waals surface area contributed by atoms with Crippen LogP contribution in [0, 0.1) is 6.92 Å². The van der Waals surface area contributed by atoms with Gasteiger partial charge in [-0.25, -0.2) is 13.4 Å². The molecule has 11 heteroatoms. The van der Waals surface area contributed by atoms with E-state index in [1.807, 2.05) is 0 Å². The highest BCUT2D eigenvalue weighted by Crippen LogP contribution is 2.26. The first-order valence-electron chi connectivity index (χ1n) is 8.56. The molecule has 2 N–H and O–H groups in total. The van der Waals surface area contributed by atoms with Crippen molar-refractivity contribution in [3.05, 3.63) is 75.5 Å². The Hall–Kier alpha value is -2.59. The van der Waals surface area contributed by atoms with E-state index >= 15 is 0 Å². The summed E-state index contributed by atoms with van der Waals surface area (Å²) in [4.78, 5) is 17.5. The van der Waals surface area contributed by atoms with Crippen LogP contribution in [0.5, 0.6) is 0 Å². The van der Waals surface area contributed by atoms with Crippen LogP contribution in [-0.2, 0) is 10.0 Å². The zero-order valence-electron chi connectivity index (χ0n) is 15.4. The first kappa shape index (κ1) is 20.7. The van der Waals surface area contributed by atoms with Gasteiger partial charge >= 0.3 is 0 Å². The number of rotatable bonds is 5. The van der Waals surface area contributed by atoms with Gasteiger partial charge in [0.1, 0.15) is 0 Å². The number of hydrogen-bond donors (Lipinski definition) is 2. The molecule has 4 rings (SSSR count). The Bertz CT molecular complexity index is 1380. The number of amides is 1. The molecule has 0 bridgehead atoms. The number of sulfonamides is 1. The van der Waals surface area contributed by atoms with E-state index in [-0.39, 0.29) is 15.7 Å². The van der Waals surface area contributed by atoms with Crippen molar-refractivity contribution in [2.75, 3.05) is 10.0 Å². The van der Waals surface area contributed by atoms with E-state index in [2.05, 4.69) is 15.0 Å². The molecular weight excluding hydrogens is 467 g/mol. The number of aromatic nitrogens is 2. The molecule has 2 aromatic heterocycles. The van der Waals surface area contributed by atoms with Crippen molar-refractivity contribution in [1.82, 2.24) is 9.38 Å². The summed E-state index contributed by atoms with van der Waals surface area (Å²) in [6.45, 7) is 1.67. The van der Waals surface area contributed by atoms with E-state index in [0.29, 0.717) is 26.9 Å². The van der Waals surface area contributed by atoms with Gasteiger partial charge < -0.3 is 5.32 Å². The monoisotopic (exact) mass is 480 g/mol. The van der Waals surface area contributed by atoms with Crippen LogP contribution < -0.4 is 10.0 Å². The summed E-state index contributed by atoms with van der Waals surface area (Å²) in [5.74, 6) is -0.499. The van der Waals surface area contributed by atoms with E-state index in [9.17, 15) is 13.2 Å². The smallest absolute Gasteiger partial charge is 0.275 e. The SMILES string of the molecule is Cc1ccc(NC(=O)c2c(Cl)nc3sccn23)cc1S(=O)(=O)Nc1cccc(Cl)c1. The summed E-state index contributed by atoms with van der Waals surface area (Å²) < 4.78 is 29.9.